The molecular formula is C12H27NO. The van der Waals surface area contributed by atoms with Gasteiger partial charge in [-0.05, 0) is 32.2 Å². The minimum absolute atomic E-state index is 0.612. The molecule has 1 atom stereocenters. The number of hydrogen-bond acceptors (Lipinski definition) is 2. The summed E-state index contributed by atoms with van der Waals surface area (Å²) >= 11 is 0. The minimum atomic E-state index is 0.612. The molecule has 0 aliphatic rings. The van der Waals surface area contributed by atoms with Crippen molar-refractivity contribution in [2.45, 2.75) is 53.0 Å². The maximum Gasteiger partial charge on any atom is 0.0465 e. The molecule has 0 heterocycles. The molecule has 2 heteroatoms. The van der Waals surface area contributed by atoms with Gasteiger partial charge in [-0.2, -0.15) is 0 Å². The van der Waals surface area contributed by atoms with Gasteiger partial charge in [-0.15, -0.1) is 0 Å². The molecule has 14 heavy (non-hydrogen) atoms. The van der Waals surface area contributed by atoms with E-state index in [0.717, 1.165) is 25.7 Å². The summed E-state index contributed by atoms with van der Waals surface area (Å²) in [6.07, 6.45) is 3.81. The van der Waals surface area contributed by atoms with Gasteiger partial charge in [-0.1, -0.05) is 27.2 Å². The zero-order valence-corrected chi connectivity index (χ0v) is 10.3. The zero-order chi connectivity index (χ0) is 10.8. The third-order valence-corrected chi connectivity index (χ3v) is 2.31. The molecule has 0 rings (SSSR count). The van der Waals surface area contributed by atoms with Crippen molar-refractivity contribution in [3.05, 3.63) is 0 Å². The first-order valence-corrected chi connectivity index (χ1v) is 5.98. The van der Waals surface area contributed by atoms with E-state index in [9.17, 15) is 0 Å². The number of hydrogen-bond donors (Lipinski definition) is 1. The highest BCUT2D eigenvalue weighted by Crippen LogP contribution is 2.06. The number of unbranched alkanes of at least 4 members (excludes halogenated alkanes) is 1. The number of rotatable bonds is 9. The molecule has 2 nitrogen and oxygen atoms in total. The van der Waals surface area contributed by atoms with Gasteiger partial charge in [-0.3, -0.25) is 0 Å². The molecule has 0 aliphatic carbocycles. The molecule has 0 aromatic carbocycles. The van der Waals surface area contributed by atoms with Crippen molar-refractivity contribution < 1.29 is 4.74 Å². The van der Waals surface area contributed by atoms with Crippen LogP contribution in [0.2, 0.25) is 0 Å². The maximum absolute atomic E-state index is 5.30. The maximum atomic E-state index is 5.30. The van der Waals surface area contributed by atoms with E-state index in [1.165, 1.54) is 19.3 Å². The van der Waals surface area contributed by atoms with Gasteiger partial charge >= 0.3 is 0 Å². The van der Waals surface area contributed by atoms with E-state index < -0.39 is 0 Å². The summed E-state index contributed by atoms with van der Waals surface area (Å²) in [6.45, 7) is 11.7. The summed E-state index contributed by atoms with van der Waals surface area (Å²) in [5, 5.41) is 3.47. The zero-order valence-electron chi connectivity index (χ0n) is 10.3. The lowest BCUT2D eigenvalue weighted by atomic mass is 10.0. The molecule has 0 aliphatic heterocycles. The molecule has 0 amide bonds. The Hall–Kier alpha value is -0.0800. The fourth-order valence-electron chi connectivity index (χ4n) is 1.38. The second kappa shape index (κ2) is 9.47. The van der Waals surface area contributed by atoms with Crippen LogP contribution in [0.25, 0.3) is 0 Å². The largest absolute Gasteiger partial charge is 0.382 e. The Balaban J connectivity index is 3.14. The summed E-state index contributed by atoms with van der Waals surface area (Å²) in [6, 6.07) is 0.612. The molecular weight excluding hydrogens is 174 g/mol. The van der Waals surface area contributed by atoms with Crippen LogP contribution in [0.5, 0.6) is 0 Å². The van der Waals surface area contributed by atoms with Crippen LogP contribution in [0.1, 0.15) is 47.0 Å². The van der Waals surface area contributed by atoms with Crippen LogP contribution in [-0.4, -0.2) is 25.8 Å². The van der Waals surface area contributed by atoms with E-state index in [4.69, 9.17) is 4.74 Å². The number of ether oxygens (including phenoxy) is 1. The Kier molecular flexibility index (Phi) is 9.42. The SMILES string of the molecule is CCOCCCCC(C)CNC(C)C. The van der Waals surface area contributed by atoms with Crippen LogP contribution in [0, 0.1) is 5.92 Å². The first-order valence-electron chi connectivity index (χ1n) is 5.98. The van der Waals surface area contributed by atoms with Crippen LogP contribution in [0.15, 0.2) is 0 Å². The quantitative estimate of drug-likeness (QED) is 0.579. The van der Waals surface area contributed by atoms with E-state index in [0.29, 0.717) is 6.04 Å². The molecule has 0 saturated carbocycles. The van der Waals surface area contributed by atoms with E-state index >= 15 is 0 Å². The van der Waals surface area contributed by atoms with E-state index in [-0.39, 0.29) is 0 Å². The van der Waals surface area contributed by atoms with Crippen molar-refractivity contribution in [3.8, 4) is 0 Å². The highest BCUT2D eigenvalue weighted by molar-refractivity contribution is 4.59. The predicted molar refractivity (Wildman–Crippen MR) is 62.6 cm³/mol. The van der Waals surface area contributed by atoms with Crippen molar-refractivity contribution in [2.24, 2.45) is 5.92 Å². The summed E-state index contributed by atoms with van der Waals surface area (Å²) < 4.78 is 5.30. The highest BCUT2D eigenvalue weighted by Gasteiger charge is 2.02. The smallest absolute Gasteiger partial charge is 0.0465 e. The average molecular weight is 201 g/mol. The van der Waals surface area contributed by atoms with Crippen LogP contribution in [0.3, 0.4) is 0 Å². The van der Waals surface area contributed by atoms with Crippen molar-refractivity contribution in [1.29, 1.82) is 0 Å². The monoisotopic (exact) mass is 201 g/mol. The topological polar surface area (TPSA) is 21.3 Å². The molecule has 0 fully saturated rings. The molecule has 0 saturated heterocycles. The van der Waals surface area contributed by atoms with Gasteiger partial charge in [0.15, 0.2) is 0 Å². The highest BCUT2D eigenvalue weighted by atomic mass is 16.5. The van der Waals surface area contributed by atoms with Crippen LogP contribution in [0.4, 0.5) is 0 Å². The Morgan fingerprint density at radius 2 is 1.86 bits per heavy atom. The Morgan fingerprint density at radius 3 is 2.43 bits per heavy atom. The van der Waals surface area contributed by atoms with Gasteiger partial charge in [0.25, 0.3) is 0 Å². The third kappa shape index (κ3) is 10.0. The molecule has 1 N–H and O–H groups in total. The van der Waals surface area contributed by atoms with E-state index in [2.05, 4.69) is 33.0 Å². The first kappa shape index (κ1) is 13.9. The van der Waals surface area contributed by atoms with Crippen molar-refractivity contribution in [2.75, 3.05) is 19.8 Å². The van der Waals surface area contributed by atoms with Gasteiger partial charge < -0.3 is 10.1 Å². The normalized spacial score (nSPS) is 13.5. The van der Waals surface area contributed by atoms with Gasteiger partial charge in [0.1, 0.15) is 0 Å². The lowest BCUT2D eigenvalue weighted by Crippen LogP contribution is -2.27. The number of nitrogens with one attached hydrogen (secondary N) is 1. The Morgan fingerprint density at radius 1 is 1.14 bits per heavy atom. The van der Waals surface area contributed by atoms with Gasteiger partial charge in [0.05, 0.1) is 0 Å². The third-order valence-electron chi connectivity index (χ3n) is 2.31. The van der Waals surface area contributed by atoms with Crippen LogP contribution >= 0.6 is 0 Å². The average Bonchev–Trinajstić information content (AvgIpc) is 2.14. The second-order valence-corrected chi connectivity index (χ2v) is 4.36. The molecule has 0 bridgehead atoms. The van der Waals surface area contributed by atoms with Gasteiger partial charge in [0, 0.05) is 19.3 Å². The summed E-state index contributed by atoms with van der Waals surface area (Å²) in [5.74, 6) is 0.791. The van der Waals surface area contributed by atoms with E-state index in [1.54, 1.807) is 0 Å². The summed E-state index contributed by atoms with van der Waals surface area (Å²) in [7, 11) is 0. The van der Waals surface area contributed by atoms with E-state index in [1.807, 2.05) is 0 Å². The standard InChI is InChI=1S/C12H27NO/c1-5-14-9-7-6-8-12(4)10-13-11(2)3/h11-13H,5-10H2,1-4H3. The van der Waals surface area contributed by atoms with Crippen molar-refractivity contribution >= 4 is 0 Å². The molecule has 0 aromatic rings. The second-order valence-electron chi connectivity index (χ2n) is 4.36. The van der Waals surface area contributed by atoms with Crippen molar-refractivity contribution in [1.82, 2.24) is 5.32 Å². The lowest BCUT2D eigenvalue weighted by molar-refractivity contribution is 0.142. The molecule has 0 radical (unpaired) electrons. The fraction of sp³-hybridized carbons (Fsp3) is 1.00. The molecule has 0 spiro atoms. The molecule has 86 valence electrons. The Bertz CT molecular complexity index is 115. The van der Waals surface area contributed by atoms with Crippen LogP contribution in [-0.2, 0) is 4.74 Å². The first-order chi connectivity index (χ1) is 6.66. The Labute approximate surface area is 89.4 Å². The van der Waals surface area contributed by atoms with Gasteiger partial charge in [0.2, 0.25) is 0 Å². The minimum Gasteiger partial charge on any atom is -0.382 e. The van der Waals surface area contributed by atoms with Gasteiger partial charge in [-0.25, -0.2) is 0 Å². The molecule has 0 aromatic heterocycles. The van der Waals surface area contributed by atoms with Crippen LogP contribution < -0.4 is 5.32 Å². The van der Waals surface area contributed by atoms with Crippen molar-refractivity contribution in [3.63, 3.8) is 0 Å². The summed E-state index contributed by atoms with van der Waals surface area (Å²) in [4.78, 5) is 0. The summed E-state index contributed by atoms with van der Waals surface area (Å²) in [5.41, 5.74) is 0. The molecule has 1 unspecified atom stereocenters. The fourth-order valence-corrected chi connectivity index (χ4v) is 1.38. The lowest BCUT2D eigenvalue weighted by Gasteiger charge is -2.14. The predicted octanol–water partition coefficient (Wildman–Crippen LogP) is 2.83.